The molecule has 2 aromatic rings. The first-order chi connectivity index (χ1) is 8.56. The number of hydrogen-bond donors (Lipinski definition) is 2. The van der Waals surface area contributed by atoms with Gasteiger partial charge >= 0.3 is 0 Å². The molecule has 0 aliphatic carbocycles. The highest BCUT2D eigenvalue weighted by Crippen LogP contribution is 2.18. The van der Waals surface area contributed by atoms with Crippen LogP contribution in [0, 0.1) is 0 Å². The van der Waals surface area contributed by atoms with Crippen LogP contribution in [-0.4, -0.2) is 15.9 Å². The number of carbonyl (C=O) groups excluding carboxylic acids is 1. The second-order valence-electron chi connectivity index (χ2n) is 3.40. The van der Waals surface area contributed by atoms with E-state index in [0.29, 0.717) is 5.82 Å². The summed E-state index contributed by atoms with van der Waals surface area (Å²) in [7, 11) is 0. The van der Waals surface area contributed by atoms with Gasteiger partial charge in [0.05, 0.1) is 10.6 Å². The molecule has 2 rings (SSSR count). The van der Waals surface area contributed by atoms with E-state index >= 15 is 0 Å². The fraction of sp³-hybridized carbons (Fsp3) is 0. The molecule has 0 radical (unpaired) electrons. The van der Waals surface area contributed by atoms with Gasteiger partial charge in [0, 0.05) is 16.9 Å². The Labute approximate surface area is 117 Å². The van der Waals surface area contributed by atoms with Gasteiger partial charge in [-0.1, -0.05) is 11.6 Å². The van der Waals surface area contributed by atoms with E-state index in [1.807, 2.05) is 0 Å². The van der Waals surface area contributed by atoms with Crippen molar-refractivity contribution in [3.05, 3.63) is 45.7 Å². The number of nitrogens with zero attached hydrogens (tertiary/aromatic N) is 2. The number of anilines is 2. The fourth-order valence-electron chi connectivity index (χ4n) is 1.26. The fourth-order valence-corrected chi connectivity index (χ4v) is 1.69. The number of nitrogen functional groups attached to an aromatic ring is 1. The molecule has 18 heavy (non-hydrogen) atoms. The first-order valence-corrected chi connectivity index (χ1v) is 6.07. The van der Waals surface area contributed by atoms with E-state index in [9.17, 15) is 4.79 Å². The van der Waals surface area contributed by atoms with Gasteiger partial charge in [-0.2, -0.15) is 0 Å². The maximum atomic E-state index is 11.9. The number of pyridine rings is 2. The monoisotopic (exact) mass is 326 g/mol. The highest BCUT2D eigenvalue weighted by atomic mass is 79.9. The summed E-state index contributed by atoms with van der Waals surface area (Å²) >= 11 is 9.13. The minimum atomic E-state index is -0.385. The summed E-state index contributed by atoms with van der Waals surface area (Å²) in [5, 5.41) is 2.85. The Bertz CT molecular complexity index is 588. The molecule has 0 unspecified atom stereocenters. The van der Waals surface area contributed by atoms with Gasteiger partial charge in [0.25, 0.3) is 5.91 Å². The predicted octanol–water partition coefficient (Wildman–Crippen LogP) is 2.73. The van der Waals surface area contributed by atoms with Crippen molar-refractivity contribution in [2.24, 2.45) is 0 Å². The Morgan fingerprint density at radius 3 is 2.78 bits per heavy atom. The average molecular weight is 328 g/mol. The van der Waals surface area contributed by atoms with Crippen LogP contribution >= 0.6 is 27.5 Å². The Kier molecular flexibility index (Phi) is 3.78. The number of rotatable bonds is 2. The minimum absolute atomic E-state index is 0.230. The molecule has 7 heteroatoms. The molecule has 0 fully saturated rings. The van der Waals surface area contributed by atoms with Gasteiger partial charge in [-0.05, 0) is 34.1 Å². The largest absolute Gasteiger partial charge is 0.384 e. The van der Waals surface area contributed by atoms with Gasteiger partial charge in [0.15, 0.2) is 0 Å². The lowest BCUT2D eigenvalue weighted by molar-refractivity contribution is 0.102. The molecule has 0 bridgehead atoms. The molecule has 0 aromatic carbocycles. The highest BCUT2D eigenvalue weighted by Gasteiger charge is 2.12. The molecule has 0 spiro atoms. The summed E-state index contributed by atoms with van der Waals surface area (Å²) in [6.45, 7) is 0. The maximum Gasteiger partial charge on any atom is 0.258 e. The zero-order valence-electron chi connectivity index (χ0n) is 9.02. The molecule has 0 aliphatic rings. The van der Waals surface area contributed by atoms with Crippen LogP contribution in [0.3, 0.4) is 0 Å². The zero-order chi connectivity index (χ0) is 13.1. The third-order valence-corrected chi connectivity index (χ3v) is 2.86. The Balaban J connectivity index is 2.21. The molecular formula is C11H8BrClN4O. The Hall–Kier alpha value is -1.66. The lowest BCUT2D eigenvalue weighted by Gasteiger charge is -2.06. The Morgan fingerprint density at radius 2 is 2.11 bits per heavy atom. The molecule has 2 aromatic heterocycles. The maximum absolute atomic E-state index is 11.9. The van der Waals surface area contributed by atoms with E-state index in [-0.39, 0.29) is 22.3 Å². The van der Waals surface area contributed by atoms with Crippen molar-refractivity contribution >= 4 is 45.1 Å². The normalized spacial score (nSPS) is 10.1. The molecule has 0 saturated carbocycles. The standard InChI is InChI=1S/C11H8BrClN4O/c12-6-1-2-10(16-4-6)17-11(18)7-3-9(14)15-5-8(7)13/h1-5H,(H2,14,15)(H,16,17,18). The van der Waals surface area contributed by atoms with E-state index in [4.69, 9.17) is 17.3 Å². The molecule has 5 nitrogen and oxygen atoms in total. The first kappa shape index (κ1) is 12.8. The van der Waals surface area contributed by atoms with Crippen LogP contribution in [0.4, 0.5) is 11.6 Å². The third-order valence-electron chi connectivity index (χ3n) is 2.09. The highest BCUT2D eigenvalue weighted by molar-refractivity contribution is 9.10. The van der Waals surface area contributed by atoms with Gasteiger partial charge in [-0.25, -0.2) is 9.97 Å². The van der Waals surface area contributed by atoms with Crippen molar-refractivity contribution < 1.29 is 4.79 Å². The lowest BCUT2D eigenvalue weighted by Crippen LogP contribution is -2.14. The smallest absolute Gasteiger partial charge is 0.258 e. The second-order valence-corrected chi connectivity index (χ2v) is 4.73. The van der Waals surface area contributed by atoms with Gasteiger partial charge < -0.3 is 11.1 Å². The van der Waals surface area contributed by atoms with Crippen LogP contribution in [-0.2, 0) is 0 Å². The van der Waals surface area contributed by atoms with Crippen molar-refractivity contribution in [1.29, 1.82) is 0 Å². The molecule has 0 saturated heterocycles. The third kappa shape index (κ3) is 2.96. The van der Waals surface area contributed by atoms with E-state index in [1.54, 1.807) is 18.3 Å². The molecule has 0 aliphatic heterocycles. The zero-order valence-corrected chi connectivity index (χ0v) is 11.4. The summed E-state index contributed by atoms with van der Waals surface area (Å²) in [6.07, 6.45) is 2.92. The molecule has 2 heterocycles. The van der Waals surface area contributed by atoms with E-state index < -0.39 is 0 Å². The number of amides is 1. The summed E-state index contributed by atoms with van der Waals surface area (Å²) in [5.41, 5.74) is 5.77. The molecule has 1 amide bonds. The minimum Gasteiger partial charge on any atom is -0.384 e. The van der Waals surface area contributed by atoms with Gasteiger partial charge in [-0.3, -0.25) is 4.79 Å². The summed E-state index contributed by atoms with van der Waals surface area (Å²) in [4.78, 5) is 19.8. The van der Waals surface area contributed by atoms with Gasteiger partial charge in [0.2, 0.25) is 0 Å². The molecule has 0 atom stereocenters. The van der Waals surface area contributed by atoms with Crippen molar-refractivity contribution in [2.45, 2.75) is 0 Å². The van der Waals surface area contributed by atoms with Crippen LogP contribution in [0.1, 0.15) is 10.4 Å². The summed E-state index contributed by atoms with van der Waals surface area (Å²) < 4.78 is 0.826. The number of carbonyl (C=O) groups is 1. The van der Waals surface area contributed by atoms with Crippen LogP contribution in [0.5, 0.6) is 0 Å². The van der Waals surface area contributed by atoms with Crippen LogP contribution < -0.4 is 11.1 Å². The summed E-state index contributed by atoms with van der Waals surface area (Å²) in [5.74, 6) is 0.270. The van der Waals surface area contributed by atoms with Gasteiger partial charge in [-0.15, -0.1) is 0 Å². The SMILES string of the molecule is Nc1cc(C(=O)Nc2ccc(Br)cn2)c(Cl)cn1. The van der Waals surface area contributed by atoms with E-state index in [0.717, 1.165) is 4.47 Å². The summed E-state index contributed by atoms with van der Waals surface area (Å²) in [6, 6.07) is 4.85. The van der Waals surface area contributed by atoms with Crippen molar-refractivity contribution in [3.63, 3.8) is 0 Å². The molecule has 92 valence electrons. The Morgan fingerprint density at radius 1 is 1.33 bits per heavy atom. The van der Waals surface area contributed by atoms with E-state index in [1.165, 1.54) is 12.3 Å². The van der Waals surface area contributed by atoms with Crippen LogP contribution in [0.25, 0.3) is 0 Å². The number of nitrogens with one attached hydrogen (secondary N) is 1. The van der Waals surface area contributed by atoms with Crippen molar-refractivity contribution in [2.75, 3.05) is 11.1 Å². The molecular weight excluding hydrogens is 320 g/mol. The quantitative estimate of drug-likeness (QED) is 0.888. The molecule has 3 N–H and O–H groups in total. The number of nitrogens with two attached hydrogens (primary N) is 1. The second kappa shape index (κ2) is 5.32. The number of hydrogen-bond acceptors (Lipinski definition) is 4. The van der Waals surface area contributed by atoms with Crippen LogP contribution in [0.15, 0.2) is 35.1 Å². The number of halogens is 2. The lowest BCUT2D eigenvalue weighted by atomic mass is 10.2. The van der Waals surface area contributed by atoms with Gasteiger partial charge in [0.1, 0.15) is 11.6 Å². The van der Waals surface area contributed by atoms with Crippen molar-refractivity contribution in [1.82, 2.24) is 9.97 Å². The van der Waals surface area contributed by atoms with Crippen molar-refractivity contribution in [3.8, 4) is 0 Å². The van der Waals surface area contributed by atoms with E-state index in [2.05, 4.69) is 31.2 Å². The number of aromatic nitrogens is 2. The average Bonchev–Trinajstić information content (AvgIpc) is 2.35. The van der Waals surface area contributed by atoms with Crippen LogP contribution in [0.2, 0.25) is 5.02 Å². The topological polar surface area (TPSA) is 80.9 Å². The predicted molar refractivity (Wildman–Crippen MR) is 73.5 cm³/mol. The first-order valence-electron chi connectivity index (χ1n) is 4.90.